The highest BCUT2D eigenvalue weighted by molar-refractivity contribution is 5.95. The van der Waals surface area contributed by atoms with E-state index in [0.29, 0.717) is 6.42 Å². The Hall–Kier alpha value is -2.23. The summed E-state index contributed by atoms with van der Waals surface area (Å²) in [5.41, 5.74) is -2.68. The van der Waals surface area contributed by atoms with Gasteiger partial charge in [-0.15, -0.1) is 0 Å². The molecule has 0 aliphatic carbocycles. The van der Waals surface area contributed by atoms with Crippen molar-refractivity contribution in [2.45, 2.75) is 63.1 Å². The molecule has 3 rings (SSSR count). The van der Waals surface area contributed by atoms with Crippen LogP contribution in [0.25, 0.3) is 0 Å². The van der Waals surface area contributed by atoms with Crippen LogP contribution in [0.15, 0.2) is 23.0 Å². The van der Waals surface area contributed by atoms with E-state index >= 15 is 0 Å². The Labute approximate surface area is 155 Å². The van der Waals surface area contributed by atoms with Crippen LogP contribution in [0.4, 0.5) is 0 Å². The summed E-state index contributed by atoms with van der Waals surface area (Å²) < 4.78 is 21.8. The first kappa shape index (κ1) is 19.5. The number of aliphatic hydroxyl groups is 2. The van der Waals surface area contributed by atoms with Gasteiger partial charge >= 0.3 is 11.9 Å². The van der Waals surface area contributed by atoms with E-state index in [2.05, 4.69) is 0 Å². The van der Waals surface area contributed by atoms with Crippen LogP contribution in [0, 0.1) is 0 Å². The number of hydrogen-bond acceptors (Lipinski definition) is 9. The van der Waals surface area contributed by atoms with E-state index in [4.69, 9.17) is 18.9 Å². The predicted molar refractivity (Wildman–Crippen MR) is 87.7 cm³/mol. The molecule has 0 spiro atoms. The van der Waals surface area contributed by atoms with E-state index in [1.54, 1.807) is 6.92 Å². The molecule has 2 bridgehead atoms. The summed E-state index contributed by atoms with van der Waals surface area (Å²) in [4.78, 5) is 34.9. The third-order valence-electron chi connectivity index (χ3n) is 5.25. The summed E-state index contributed by atoms with van der Waals surface area (Å²) in [7, 11) is 0. The molecule has 9 heteroatoms. The Morgan fingerprint density at radius 2 is 2.11 bits per heavy atom. The fourth-order valence-corrected chi connectivity index (χ4v) is 3.94. The maximum atomic E-state index is 12.2. The maximum Gasteiger partial charge on any atom is 0.342 e. The SMILES string of the molecule is CC(=O)O[C@H]1C[C@@](C)(O)[C@@]2(OC=O)CC[C@@](C)(/C=C3/OC(=O)C(CO)=C31)O2. The molecule has 9 nitrogen and oxygen atoms in total. The van der Waals surface area contributed by atoms with E-state index in [1.165, 1.54) is 19.9 Å². The van der Waals surface area contributed by atoms with Crippen LogP contribution in [0.2, 0.25) is 0 Å². The summed E-state index contributed by atoms with van der Waals surface area (Å²) in [6, 6.07) is 0. The number of carbonyl (C=O) groups excluding carboxylic acids is 3. The zero-order valence-electron chi connectivity index (χ0n) is 15.3. The lowest BCUT2D eigenvalue weighted by atomic mass is 9.82. The number of hydrogen-bond donors (Lipinski definition) is 2. The van der Waals surface area contributed by atoms with E-state index in [-0.39, 0.29) is 36.2 Å². The van der Waals surface area contributed by atoms with Crippen LogP contribution >= 0.6 is 0 Å². The van der Waals surface area contributed by atoms with Gasteiger partial charge in [-0.1, -0.05) is 0 Å². The Morgan fingerprint density at radius 3 is 2.70 bits per heavy atom. The molecule has 148 valence electrons. The van der Waals surface area contributed by atoms with E-state index < -0.39 is 41.6 Å². The molecular weight excluding hydrogens is 360 g/mol. The van der Waals surface area contributed by atoms with Crippen molar-refractivity contribution >= 4 is 18.4 Å². The summed E-state index contributed by atoms with van der Waals surface area (Å²) in [5, 5.41) is 20.8. The lowest BCUT2D eigenvalue weighted by molar-refractivity contribution is -0.300. The predicted octanol–water partition coefficient (Wildman–Crippen LogP) is 0.241. The van der Waals surface area contributed by atoms with Crippen LogP contribution < -0.4 is 0 Å². The number of carbonyl (C=O) groups is 3. The highest BCUT2D eigenvalue weighted by Gasteiger charge is 2.61. The van der Waals surface area contributed by atoms with Crippen LogP contribution in [0.5, 0.6) is 0 Å². The molecule has 3 aliphatic heterocycles. The van der Waals surface area contributed by atoms with Crippen LogP contribution in [-0.2, 0) is 33.3 Å². The van der Waals surface area contributed by atoms with Gasteiger partial charge in [0.2, 0.25) is 5.79 Å². The highest BCUT2D eigenvalue weighted by Crippen LogP contribution is 2.50. The van der Waals surface area contributed by atoms with Crippen molar-refractivity contribution in [1.29, 1.82) is 0 Å². The molecule has 0 radical (unpaired) electrons. The topological polar surface area (TPSA) is 129 Å². The minimum Gasteiger partial charge on any atom is -0.457 e. The van der Waals surface area contributed by atoms with Crippen molar-refractivity contribution in [2.24, 2.45) is 0 Å². The molecule has 0 aromatic heterocycles. The monoisotopic (exact) mass is 382 g/mol. The fourth-order valence-electron chi connectivity index (χ4n) is 3.94. The molecule has 3 aliphatic rings. The minimum absolute atomic E-state index is 0.0602. The summed E-state index contributed by atoms with van der Waals surface area (Å²) in [6.45, 7) is 3.86. The van der Waals surface area contributed by atoms with Crippen LogP contribution in [0.1, 0.15) is 40.0 Å². The summed E-state index contributed by atoms with van der Waals surface area (Å²) in [6.07, 6.45) is 0.722. The average Bonchev–Trinajstić information content (AvgIpc) is 3.04. The first-order valence-corrected chi connectivity index (χ1v) is 8.57. The van der Waals surface area contributed by atoms with Crippen molar-refractivity contribution in [2.75, 3.05) is 6.61 Å². The molecule has 3 heterocycles. The van der Waals surface area contributed by atoms with Crippen molar-refractivity contribution in [3.8, 4) is 0 Å². The minimum atomic E-state index is -1.77. The molecule has 4 atom stereocenters. The Morgan fingerprint density at radius 1 is 1.41 bits per heavy atom. The van der Waals surface area contributed by atoms with Crippen molar-refractivity contribution in [1.82, 2.24) is 0 Å². The van der Waals surface area contributed by atoms with Gasteiger partial charge in [0.05, 0.1) is 17.8 Å². The lowest BCUT2D eigenvalue weighted by Crippen LogP contribution is -2.56. The highest BCUT2D eigenvalue weighted by atomic mass is 16.7. The molecule has 0 unspecified atom stereocenters. The normalized spacial score (nSPS) is 40.1. The second kappa shape index (κ2) is 6.43. The van der Waals surface area contributed by atoms with E-state index in [1.807, 2.05) is 0 Å². The van der Waals surface area contributed by atoms with Crippen LogP contribution in [-0.4, -0.2) is 58.3 Å². The van der Waals surface area contributed by atoms with Gasteiger partial charge in [-0.2, -0.15) is 0 Å². The Bertz CT molecular complexity index is 750. The fraction of sp³-hybridized carbons (Fsp3) is 0.611. The van der Waals surface area contributed by atoms with Crippen molar-refractivity contribution in [3.05, 3.63) is 23.0 Å². The number of rotatable bonds is 4. The van der Waals surface area contributed by atoms with Gasteiger partial charge in [0.15, 0.2) is 0 Å². The number of aliphatic hydroxyl groups excluding tert-OH is 1. The third kappa shape index (κ3) is 3.15. The number of ether oxygens (including phenoxy) is 4. The van der Waals surface area contributed by atoms with Gasteiger partial charge in [-0.05, 0) is 26.3 Å². The summed E-state index contributed by atoms with van der Waals surface area (Å²) in [5.74, 6) is -2.98. The molecular formula is C18H22O9. The zero-order chi connectivity index (χ0) is 20.0. The average molecular weight is 382 g/mol. The Balaban J connectivity index is 2.20. The molecule has 0 aromatic carbocycles. The van der Waals surface area contributed by atoms with E-state index in [0.717, 1.165) is 0 Å². The molecule has 1 fully saturated rings. The van der Waals surface area contributed by atoms with Crippen molar-refractivity contribution in [3.63, 3.8) is 0 Å². The second-order valence-electron chi connectivity index (χ2n) is 7.41. The third-order valence-corrected chi connectivity index (χ3v) is 5.25. The number of esters is 2. The van der Waals surface area contributed by atoms with Gasteiger partial charge in [-0.3, -0.25) is 9.59 Å². The van der Waals surface area contributed by atoms with Gasteiger partial charge < -0.3 is 29.2 Å². The molecule has 0 saturated carbocycles. The van der Waals surface area contributed by atoms with Crippen LogP contribution in [0.3, 0.4) is 0 Å². The van der Waals surface area contributed by atoms with Gasteiger partial charge in [0.25, 0.3) is 6.47 Å². The van der Waals surface area contributed by atoms with Gasteiger partial charge in [0, 0.05) is 25.3 Å². The van der Waals surface area contributed by atoms with E-state index in [9.17, 15) is 24.6 Å². The van der Waals surface area contributed by atoms with Gasteiger partial charge in [0.1, 0.15) is 17.5 Å². The maximum absolute atomic E-state index is 12.2. The molecule has 0 aromatic rings. The molecule has 1 saturated heterocycles. The van der Waals surface area contributed by atoms with Crippen molar-refractivity contribution < 1.29 is 43.5 Å². The second-order valence-corrected chi connectivity index (χ2v) is 7.41. The lowest BCUT2D eigenvalue weighted by Gasteiger charge is -2.42. The van der Waals surface area contributed by atoms with Gasteiger partial charge in [-0.25, -0.2) is 4.79 Å². The quantitative estimate of drug-likeness (QED) is 0.399. The standard InChI is InChI=1S/C18H22O9/c1-10(21)25-13-7-17(3,23)18(24-9-20)5-4-16(2,27-18)6-12-14(13)11(8-19)15(22)26-12/h6,9,13,19,23H,4-5,7-8H2,1-3H3/b12-6+/t13-,16-,17+,18+/m0/s1. The largest absolute Gasteiger partial charge is 0.457 e. The summed E-state index contributed by atoms with van der Waals surface area (Å²) >= 11 is 0. The Kier molecular flexibility index (Phi) is 4.65. The molecule has 0 amide bonds. The molecule has 2 N–H and O–H groups in total. The smallest absolute Gasteiger partial charge is 0.342 e. The first-order chi connectivity index (χ1) is 12.6. The zero-order valence-corrected chi connectivity index (χ0v) is 15.3. The number of fused-ring (bicyclic) bond motifs is 3. The first-order valence-electron chi connectivity index (χ1n) is 8.57. The molecule has 27 heavy (non-hydrogen) atoms.